The zero-order valence-corrected chi connectivity index (χ0v) is 19.4. The molecule has 34 heavy (non-hydrogen) atoms. The number of amides is 2. The third-order valence-corrected chi connectivity index (χ3v) is 6.79. The smallest absolute Gasteiger partial charge is 0.407 e. The van der Waals surface area contributed by atoms with E-state index in [0.29, 0.717) is 6.42 Å². The summed E-state index contributed by atoms with van der Waals surface area (Å²) in [6, 6.07) is 14.2. The quantitative estimate of drug-likeness (QED) is 0.649. The predicted octanol–water partition coefficient (Wildman–Crippen LogP) is 3.25. The second kappa shape index (κ2) is 10.3. The van der Waals surface area contributed by atoms with Crippen molar-refractivity contribution in [1.29, 1.82) is 0 Å². The molecular weight excluding hydrogens is 436 g/mol. The van der Waals surface area contributed by atoms with Gasteiger partial charge in [-0.05, 0) is 28.2 Å². The molecule has 4 rings (SSSR count). The molecule has 0 aromatic heterocycles. The molecule has 0 bridgehead atoms. The molecule has 2 aromatic carbocycles. The zero-order chi connectivity index (χ0) is 24.2. The van der Waals surface area contributed by atoms with Crippen molar-refractivity contribution in [3.8, 4) is 11.1 Å². The minimum absolute atomic E-state index is 0.0702. The van der Waals surface area contributed by atoms with E-state index in [1.54, 1.807) is 0 Å². The molecule has 2 aromatic rings. The van der Waals surface area contributed by atoms with Crippen LogP contribution in [0.2, 0.25) is 0 Å². The molecule has 2 N–H and O–H groups in total. The van der Waals surface area contributed by atoms with Crippen LogP contribution in [0, 0.1) is 5.92 Å². The van der Waals surface area contributed by atoms with Gasteiger partial charge in [0.2, 0.25) is 5.91 Å². The lowest BCUT2D eigenvalue weighted by atomic mass is 9.97. The topological polar surface area (TPSA) is 105 Å². The molecule has 1 fully saturated rings. The lowest BCUT2D eigenvalue weighted by Gasteiger charge is -2.36. The van der Waals surface area contributed by atoms with Gasteiger partial charge in [0.1, 0.15) is 12.6 Å². The van der Waals surface area contributed by atoms with Crippen molar-refractivity contribution in [2.45, 2.75) is 38.3 Å². The summed E-state index contributed by atoms with van der Waals surface area (Å²) in [5.74, 6) is -1.85. The minimum Gasteiger partial charge on any atom is -0.480 e. The largest absolute Gasteiger partial charge is 0.480 e. The number of carbonyl (C=O) groups is 3. The summed E-state index contributed by atoms with van der Waals surface area (Å²) in [5, 5.41) is 12.2. The number of carboxylic acid groups (broad SMARTS) is 1. The van der Waals surface area contributed by atoms with Gasteiger partial charge in [-0.2, -0.15) is 0 Å². The molecule has 3 unspecified atom stereocenters. The molecular formula is C26H30N2O6. The van der Waals surface area contributed by atoms with Crippen LogP contribution < -0.4 is 5.32 Å². The van der Waals surface area contributed by atoms with E-state index in [0.717, 1.165) is 22.3 Å². The first-order valence-corrected chi connectivity index (χ1v) is 11.6. The molecule has 0 saturated carbocycles. The molecule has 3 atom stereocenters. The molecule has 180 valence electrons. The molecule has 1 aliphatic carbocycles. The van der Waals surface area contributed by atoms with Gasteiger partial charge in [-0.1, -0.05) is 68.8 Å². The van der Waals surface area contributed by atoms with Crippen LogP contribution in [0.3, 0.4) is 0 Å². The fraction of sp³-hybridized carbons (Fsp3) is 0.423. The van der Waals surface area contributed by atoms with Crippen LogP contribution in [0.15, 0.2) is 48.5 Å². The number of morpholine rings is 1. The highest BCUT2D eigenvalue weighted by Crippen LogP contribution is 2.44. The van der Waals surface area contributed by atoms with Gasteiger partial charge < -0.3 is 24.8 Å². The predicted molar refractivity (Wildman–Crippen MR) is 125 cm³/mol. The number of carbonyl (C=O) groups excluding carboxylic acids is 2. The number of benzene rings is 2. The van der Waals surface area contributed by atoms with Crippen molar-refractivity contribution in [3.05, 3.63) is 59.7 Å². The van der Waals surface area contributed by atoms with Crippen LogP contribution in [0.25, 0.3) is 11.1 Å². The Balaban J connectivity index is 1.46. The van der Waals surface area contributed by atoms with Crippen LogP contribution in [-0.4, -0.2) is 66.4 Å². The Morgan fingerprint density at radius 2 is 1.74 bits per heavy atom. The Kier molecular flexibility index (Phi) is 7.17. The molecule has 2 aliphatic rings. The van der Waals surface area contributed by atoms with E-state index in [-0.39, 0.29) is 38.2 Å². The van der Waals surface area contributed by atoms with Crippen molar-refractivity contribution in [2.24, 2.45) is 5.92 Å². The summed E-state index contributed by atoms with van der Waals surface area (Å²) in [5.41, 5.74) is 4.46. The van der Waals surface area contributed by atoms with Gasteiger partial charge in [-0.25, -0.2) is 9.59 Å². The van der Waals surface area contributed by atoms with Gasteiger partial charge in [0, 0.05) is 12.5 Å². The maximum atomic E-state index is 13.3. The minimum atomic E-state index is -1.13. The molecule has 1 heterocycles. The number of aliphatic carboxylic acids is 1. The van der Waals surface area contributed by atoms with Crippen molar-refractivity contribution >= 4 is 18.0 Å². The molecule has 0 spiro atoms. The van der Waals surface area contributed by atoms with E-state index in [1.165, 1.54) is 4.90 Å². The van der Waals surface area contributed by atoms with Crippen LogP contribution >= 0.6 is 0 Å². The van der Waals surface area contributed by atoms with Gasteiger partial charge in [0.25, 0.3) is 0 Å². The second-order valence-electron chi connectivity index (χ2n) is 8.79. The number of hydrogen-bond acceptors (Lipinski definition) is 5. The van der Waals surface area contributed by atoms with Gasteiger partial charge in [0.05, 0.1) is 13.2 Å². The van der Waals surface area contributed by atoms with Crippen LogP contribution in [0.1, 0.15) is 37.3 Å². The summed E-state index contributed by atoms with van der Waals surface area (Å²) in [6.07, 6.45) is -0.0667. The number of nitrogens with one attached hydrogen (secondary N) is 1. The molecule has 1 saturated heterocycles. The number of rotatable bonds is 7. The zero-order valence-electron chi connectivity index (χ0n) is 19.4. The first kappa shape index (κ1) is 23.8. The fourth-order valence-electron chi connectivity index (χ4n) is 4.70. The van der Waals surface area contributed by atoms with Crippen molar-refractivity contribution < 1.29 is 29.0 Å². The van der Waals surface area contributed by atoms with Gasteiger partial charge in [0.15, 0.2) is 6.04 Å². The normalized spacial score (nSPS) is 19.0. The lowest BCUT2D eigenvalue weighted by Crippen LogP contribution is -2.59. The summed E-state index contributed by atoms with van der Waals surface area (Å²) >= 11 is 0. The first-order valence-electron chi connectivity index (χ1n) is 11.6. The fourth-order valence-corrected chi connectivity index (χ4v) is 4.70. The van der Waals surface area contributed by atoms with Gasteiger partial charge >= 0.3 is 12.1 Å². The Morgan fingerprint density at radius 3 is 2.32 bits per heavy atom. The maximum absolute atomic E-state index is 13.3. The van der Waals surface area contributed by atoms with Crippen LogP contribution in [0.4, 0.5) is 4.79 Å². The summed E-state index contributed by atoms with van der Waals surface area (Å²) in [7, 11) is 0. The summed E-state index contributed by atoms with van der Waals surface area (Å²) in [6.45, 7) is 4.25. The SMILES string of the molecule is CCC(C)C(NC(=O)OCC1c2ccccc2-c2ccccc21)C(=O)N1CCOCC1C(=O)O. The van der Waals surface area contributed by atoms with E-state index in [1.807, 2.05) is 50.2 Å². The number of nitrogens with zero attached hydrogens (tertiary/aromatic N) is 1. The molecule has 0 radical (unpaired) electrons. The maximum Gasteiger partial charge on any atom is 0.407 e. The highest BCUT2D eigenvalue weighted by atomic mass is 16.5. The summed E-state index contributed by atoms with van der Waals surface area (Å²) < 4.78 is 10.9. The first-order chi connectivity index (χ1) is 16.4. The monoisotopic (exact) mass is 466 g/mol. The van der Waals surface area contributed by atoms with E-state index in [9.17, 15) is 19.5 Å². The highest BCUT2D eigenvalue weighted by molar-refractivity contribution is 5.90. The highest BCUT2D eigenvalue weighted by Gasteiger charge is 2.38. The number of fused-ring (bicyclic) bond motifs is 3. The van der Waals surface area contributed by atoms with E-state index in [2.05, 4.69) is 17.4 Å². The molecule has 8 nitrogen and oxygen atoms in total. The number of ether oxygens (including phenoxy) is 2. The van der Waals surface area contributed by atoms with Crippen LogP contribution in [-0.2, 0) is 19.1 Å². The Bertz CT molecular complexity index is 1030. The average molecular weight is 467 g/mol. The Morgan fingerprint density at radius 1 is 1.12 bits per heavy atom. The van der Waals surface area contributed by atoms with Crippen molar-refractivity contribution in [3.63, 3.8) is 0 Å². The van der Waals surface area contributed by atoms with Crippen LogP contribution in [0.5, 0.6) is 0 Å². The second-order valence-corrected chi connectivity index (χ2v) is 8.79. The standard InChI is InChI=1S/C26H30N2O6/c1-3-16(2)23(24(29)28-12-13-33-15-22(28)25(30)31)27-26(32)34-14-21-19-10-6-4-8-17(19)18-9-5-7-11-20(18)21/h4-11,16,21-23H,3,12-15H2,1-2H3,(H,27,32)(H,30,31). The van der Waals surface area contributed by atoms with E-state index >= 15 is 0 Å². The lowest BCUT2D eigenvalue weighted by molar-refractivity contribution is -0.159. The number of alkyl carbamates (subject to hydrolysis) is 1. The van der Waals surface area contributed by atoms with Crippen molar-refractivity contribution in [1.82, 2.24) is 10.2 Å². The van der Waals surface area contributed by atoms with Crippen molar-refractivity contribution in [2.75, 3.05) is 26.4 Å². The van der Waals surface area contributed by atoms with E-state index in [4.69, 9.17) is 9.47 Å². The van der Waals surface area contributed by atoms with Gasteiger partial charge in [-0.15, -0.1) is 0 Å². The molecule has 1 aliphatic heterocycles. The third-order valence-electron chi connectivity index (χ3n) is 6.79. The number of carboxylic acids is 1. The molecule has 8 heteroatoms. The third kappa shape index (κ3) is 4.63. The van der Waals surface area contributed by atoms with E-state index < -0.39 is 30.1 Å². The summed E-state index contributed by atoms with van der Waals surface area (Å²) in [4.78, 5) is 39.0. The Labute approximate surface area is 198 Å². The van der Waals surface area contributed by atoms with Gasteiger partial charge in [-0.3, -0.25) is 4.79 Å². The average Bonchev–Trinajstić information content (AvgIpc) is 3.18. The molecule has 2 amide bonds. The number of hydrogen-bond donors (Lipinski definition) is 2. The Hall–Kier alpha value is -3.39.